The maximum Gasteiger partial charge on any atom is 0.237 e. The number of aliphatic hydroxyl groups excluding tert-OH is 1. The third-order valence-corrected chi connectivity index (χ3v) is 6.03. The zero-order valence-electron chi connectivity index (χ0n) is 14.3. The average molecular weight is 353 g/mol. The highest BCUT2D eigenvalue weighted by atomic mass is 32.1. The Morgan fingerprint density at radius 3 is 2.92 bits per heavy atom. The molecule has 0 saturated carbocycles. The predicted octanol–water partition coefficient (Wildman–Crippen LogP) is 0.757. The molecular weight excluding hydrogens is 324 g/mol. The highest BCUT2D eigenvalue weighted by molar-refractivity contribution is 7.09. The lowest BCUT2D eigenvalue weighted by molar-refractivity contribution is -0.123. The van der Waals surface area contributed by atoms with Crippen molar-refractivity contribution in [1.29, 1.82) is 0 Å². The number of hydrogen-bond acceptors (Lipinski definition) is 6. The fraction of sp³-hybridized carbons (Fsp3) is 0.765. The number of aliphatic hydroxyl groups is 1. The molecule has 6 nitrogen and oxygen atoms in total. The second-order valence-corrected chi connectivity index (χ2v) is 7.84. The fourth-order valence-electron chi connectivity index (χ4n) is 3.45. The Labute approximate surface area is 147 Å². The van der Waals surface area contributed by atoms with Crippen LogP contribution >= 0.6 is 11.3 Å². The Hall–Kier alpha value is -1.02. The number of likely N-dealkylation sites (tertiary alicyclic amines) is 1. The number of aryl methyl sites for hydroxylation is 1. The molecule has 0 aromatic carbocycles. The Morgan fingerprint density at radius 2 is 2.29 bits per heavy atom. The van der Waals surface area contributed by atoms with Crippen molar-refractivity contribution in [3.8, 4) is 0 Å². The van der Waals surface area contributed by atoms with E-state index in [0.717, 1.165) is 45.4 Å². The molecule has 7 heteroatoms. The van der Waals surface area contributed by atoms with Crippen molar-refractivity contribution in [2.24, 2.45) is 5.92 Å². The predicted molar refractivity (Wildman–Crippen MR) is 94.9 cm³/mol. The molecule has 0 spiro atoms. The highest BCUT2D eigenvalue weighted by Gasteiger charge is 2.28. The summed E-state index contributed by atoms with van der Waals surface area (Å²) in [5, 5.41) is 19.0. The second kappa shape index (κ2) is 8.38. The minimum absolute atomic E-state index is 0.0311. The smallest absolute Gasteiger partial charge is 0.237 e. The monoisotopic (exact) mass is 352 g/mol. The van der Waals surface area contributed by atoms with Crippen LogP contribution in [0.4, 0.5) is 0 Å². The Balaban J connectivity index is 1.35. The van der Waals surface area contributed by atoms with E-state index in [2.05, 4.69) is 32.8 Å². The molecule has 0 aliphatic carbocycles. The first-order valence-electron chi connectivity index (χ1n) is 8.98. The van der Waals surface area contributed by atoms with Crippen molar-refractivity contribution in [1.82, 2.24) is 20.5 Å². The highest BCUT2D eigenvalue weighted by Crippen LogP contribution is 2.19. The van der Waals surface area contributed by atoms with E-state index in [1.807, 2.05) is 0 Å². The molecule has 1 amide bonds. The number of rotatable bonds is 6. The average Bonchev–Trinajstić information content (AvgIpc) is 3.23. The van der Waals surface area contributed by atoms with Gasteiger partial charge in [-0.2, -0.15) is 0 Å². The Kier molecular flexibility index (Phi) is 6.21. The molecule has 24 heavy (non-hydrogen) atoms. The molecule has 3 rings (SSSR count). The van der Waals surface area contributed by atoms with E-state index >= 15 is 0 Å². The van der Waals surface area contributed by atoms with Crippen LogP contribution in [-0.2, 0) is 17.8 Å². The molecule has 1 aromatic rings. The molecule has 2 aliphatic rings. The molecule has 0 bridgehead atoms. The van der Waals surface area contributed by atoms with Crippen LogP contribution in [0.1, 0.15) is 36.9 Å². The normalized spacial score (nSPS) is 25.9. The summed E-state index contributed by atoms with van der Waals surface area (Å²) in [5.41, 5.74) is 1.19. The van der Waals surface area contributed by atoms with Crippen LogP contribution in [-0.4, -0.2) is 59.2 Å². The van der Waals surface area contributed by atoms with Gasteiger partial charge in [0.1, 0.15) is 0 Å². The van der Waals surface area contributed by atoms with Crippen LogP contribution in [0.5, 0.6) is 0 Å². The summed E-state index contributed by atoms with van der Waals surface area (Å²) in [6.45, 7) is 6.49. The van der Waals surface area contributed by atoms with Crippen molar-refractivity contribution in [3.63, 3.8) is 0 Å². The Morgan fingerprint density at radius 1 is 1.50 bits per heavy atom. The van der Waals surface area contributed by atoms with Crippen LogP contribution in [0.15, 0.2) is 5.38 Å². The van der Waals surface area contributed by atoms with Gasteiger partial charge in [-0.1, -0.05) is 6.92 Å². The molecule has 0 unspecified atom stereocenters. The summed E-state index contributed by atoms with van der Waals surface area (Å²) in [6, 6.07) is -0.225. The third-order valence-electron chi connectivity index (χ3n) is 4.98. The van der Waals surface area contributed by atoms with E-state index in [-0.39, 0.29) is 18.1 Å². The van der Waals surface area contributed by atoms with E-state index < -0.39 is 0 Å². The number of thiazole rings is 1. The van der Waals surface area contributed by atoms with Crippen molar-refractivity contribution in [2.75, 3.05) is 26.2 Å². The van der Waals surface area contributed by atoms with E-state index in [4.69, 9.17) is 0 Å². The topological polar surface area (TPSA) is 77.5 Å². The first-order chi connectivity index (χ1) is 11.6. The standard InChI is InChI=1S/C17H28N4O2S/c1-2-16-20-13(11-24-16)10-21-5-3-12(4-6-21)8-19-17(23)15-7-14(22)9-18-15/h11-12,14-15,18,22H,2-10H2,1H3,(H,19,23)/t14-,15+/m1/s1. The molecule has 134 valence electrons. The van der Waals surface area contributed by atoms with E-state index in [1.165, 1.54) is 10.7 Å². The maximum absolute atomic E-state index is 12.1. The number of β-amino-alcohol motifs (C(OH)–C–C–N with tert-alkyl or cyclic N) is 1. The maximum atomic E-state index is 12.1. The van der Waals surface area contributed by atoms with Crippen LogP contribution in [0.2, 0.25) is 0 Å². The number of aromatic nitrogens is 1. The Bertz CT molecular complexity index is 542. The number of amides is 1. The van der Waals surface area contributed by atoms with Gasteiger partial charge in [-0.15, -0.1) is 11.3 Å². The fourth-order valence-corrected chi connectivity index (χ4v) is 4.18. The molecule has 2 fully saturated rings. The van der Waals surface area contributed by atoms with Crippen LogP contribution in [0.3, 0.4) is 0 Å². The van der Waals surface area contributed by atoms with Crippen molar-refractivity contribution < 1.29 is 9.90 Å². The minimum Gasteiger partial charge on any atom is -0.392 e. The number of carbonyl (C=O) groups excluding carboxylic acids is 1. The van der Waals surface area contributed by atoms with Gasteiger partial charge in [0.2, 0.25) is 5.91 Å². The zero-order chi connectivity index (χ0) is 16.9. The first-order valence-corrected chi connectivity index (χ1v) is 9.86. The zero-order valence-corrected chi connectivity index (χ0v) is 15.1. The van der Waals surface area contributed by atoms with Gasteiger partial charge in [-0.3, -0.25) is 9.69 Å². The number of hydrogen-bond donors (Lipinski definition) is 3. The second-order valence-electron chi connectivity index (χ2n) is 6.90. The summed E-state index contributed by atoms with van der Waals surface area (Å²) in [4.78, 5) is 19.2. The molecule has 3 heterocycles. The summed E-state index contributed by atoms with van der Waals surface area (Å²) in [7, 11) is 0. The van der Waals surface area contributed by atoms with Gasteiger partial charge in [-0.25, -0.2) is 4.98 Å². The lowest BCUT2D eigenvalue weighted by atomic mass is 9.96. The van der Waals surface area contributed by atoms with Crippen molar-refractivity contribution >= 4 is 17.2 Å². The summed E-state index contributed by atoms with van der Waals surface area (Å²) >= 11 is 1.75. The van der Waals surface area contributed by atoms with E-state index in [9.17, 15) is 9.90 Å². The largest absolute Gasteiger partial charge is 0.392 e. The number of nitrogens with zero attached hydrogens (tertiary/aromatic N) is 2. The third kappa shape index (κ3) is 4.75. The molecule has 2 aliphatic heterocycles. The first kappa shape index (κ1) is 17.8. The lowest BCUT2D eigenvalue weighted by Gasteiger charge is -2.31. The van der Waals surface area contributed by atoms with Gasteiger partial charge < -0.3 is 15.7 Å². The summed E-state index contributed by atoms with van der Waals surface area (Å²) in [6.07, 6.45) is 3.39. The molecular formula is C17H28N4O2S. The van der Waals surface area contributed by atoms with E-state index in [0.29, 0.717) is 18.9 Å². The van der Waals surface area contributed by atoms with Gasteiger partial charge in [0.15, 0.2) is 0 Å². The molecule has 0 radical (unpaired) electrons. The van der Waals surface area contributed by atoms with Crippen molar-refractivity contribution in [3.05, 3.63) is 16.1 Å². The molecule has 1 aromatic heterocycles. The number of carbonyl (C=O) groups is 1. The lowest BCUT2D eigenvalue weighted by Crippen LogP contribution is -2.44. The van der Waals surface area contributed by atoms with Gasteiger partial charge in [-0.05, 0) is 44.7 Å². The van der Waals surface area contributed by atoms with Gasteiger partial charge >= 0.3 is 0 Å². The van der Waals surface area contributed by atoms with Crippen LogP contribution in [0.25, 0.3) is 0 Å². The van der Waals surface area contributed by atoms with Gasteiger partial charge in [0.25, 0.3) is 0 Å². The van der Waals surface area contributed by atoms with Crippen molar-refractivity contribution in [2.45, 2.75) is 51.3 Å². The van der Waals surface area contributed by atoms with Crippen LogP contribution in [0, 0.1) is 5.92 Å². The number of piperidine rings is 1. The van der Waals surface area contributed by atoms with Gasteiger partial charge in [0.05, 0.1) is 22.8 Å². The summed E-state index contributed by atoms with van der Waals surface area (Å²) in [5.74, 6) is 0.585. The SMILES string of the molecule is CCc1nc(CN2CCC(CNC(=O)[C@@H]3C[C@@H](O)CN3)CC2)cs1. The summed E-state index contributed by atoms with van der Waals surface area (Å²) < 4.78 is 0. The molecule has 2 atom stereocenters. The number of nitrogens with one attached hydrogen (secondary N) is 2. The molecule has 2 saturated heterocycles. The molecule has 3 N–H and O–H groups in total. The van der Waals surface area contributed by atoms with Crippen LogP contribution < -0.4 is 10.6 Å². The quantitative estimate of drug-likeness (QED) is 0.704. The van der Waals surface area contributed by atoms with Gasteiger partial charge in [0, 0.05) is 25.0 Å². The van der Waals surface area contributed by atoms with E-state index in [1.54, 1.807) is 11.3 Å². The minimum atomic E-state index is -0.386.